The average molecular weight is 643 g/mol. The second-order valence-corrected chi connectivity index (χ2v) is 13.9. The van der Waals surface area contributed by atoms with Crippen LogP contribution in [0.2, 0.25) is 0 Å². The number of aromatic amines is 1. The Hall–Kier alpha value is -4.46. The molecule has 0 spiro atoms. The van der Waals surface area contributed by atoms with Crippen molar-refractivity contribution in [2.45, 2.75) is 61.9 Å². The van der Waals surface area contributed by atoms with Crippen molar-refractivity contribution in [2.75, 3.05) is 11.9 Å². The van der Waals surface area contributed by atoms with Crippen LogP contribution in [0.5, 0.6) is 0 Å². The lowest BCUT2D eigenvalue weighted by molar-refractivity contribution is -0.130. The molecule has 2 fully saturated rings. The summed E-state index contributed by atoms with van der Waals surface area (Å²) in [5.41, 5.74) is 9.52. The van der Waals surface area contributed by atoms with Gasteiger partial charge < -0.3 is 16.4 Å². The number of benzene rings is 3. The molecule has 240 valence electrons. The van der Waals surface area contributed by atoms with Gasteiger partial charge in [-0.3, -0.25) is 9.59 Å². The summed E-state index contributed by atoms with van der Waals surface area (Å²) in [6, 6.07) is 20.6. The number of amides is 2. The van der Waals surface area contributed by atoms with Gasteiger partial charge in [-0.15, -0.1) is 10.2 Å². The lowest BCUT2D eigenvalue weighted by Gasteiger charge is -2.28. The van der Waals surface area contributed by atoms with E-state index in [9.17, 15) is 18.0 Å². The van der Waals surface area contributed by atoms with E-state index in [2.05, 4.69) is 36.0 Å². The Morgan fingerprint density at radius 3 is 2.28 bits per heavy atom. The summed E-state index contributed by atoms with van der Waals surface area (Å²) >= 11 is 0. The van der Waals surface area contributed by atoms with Crippen LogP contribution in [0.4, 0.5) is 5.69 Å². The number of nitrogens with zero attached hydrogens (tertiary/aromatic N) is 3. The fourth-order valence-corrected chi connectivity index (χ4v) is 7.17. The van der Waals surface area contributed by atoms with Gasteiger partial charge in [-0.1, -0.05) is 36.4 Å². The molecule has 2 aliphatic carbocycles. The maximum Gasteiger partial charge on any atom is 0.247 e. The van der Waals surface area contributed by atoms with Crippen molar-refractivity contribution in [3.05, 3.63) is 78.4 Å². The third-order valence-electron chi connectivity index (χ3n) is 8.68. The first-order valence-corrected chi connectivity index (χ1v) is 17.1. The largest absolute Gasteiger partial charge is 0.344 e. The molecule has 0 saturated heterocycles. The van der Waals surface area contributed by atoms with E-state index in [-0.39, 0.29) is 35.1 Å². The molecule has 6 rings (SSSR count). The van der Waals surface area contributed by atoms with E-state index in [4.69, 9.17) is 5.73 Å². The van der Waals surface area contributed by atoms with Crippen LogP contribution in [-0.2, 0) is 26.0 Å². The normalized spacial score (nSPS) is 18.9. The number of carbonyl (C=O) groups excluding carboxylic acids is 2. The van der Waals surface area contributed by atoms with Crippen LogP contribution < -0.4 is 21.1 Å². The predicted octanol–water partition coefficient (Wildman–Crippen LogP) is 3.41. The molecular formula is C33H38N8O4S. The third-order valence-corrected chi connectivity index (χ3v) is 10.2. The van der Waals surface area contributed by atoms with Crippen molar-refractivity contribution in [1.29, 1.82) is 0 Å². The minimum absolute atomic E-state index is 0.00868. The monoisotopic (exact) mass is 642 g/mol. The number of aromatic nitrogens is 4. The maximum absolute atomic E-state index is 13.7. The molecule has 0 radical (unpaired) electrons. The van der Waals surface area contributed by atoms with Crippen LogP contribution in [0.1, 0.15) is 44.1 Å². The van der Waals surface area contributed by atoms with Crippen molar-refractivity contribution >= 4 is 27.5 Å². The van der Waals surface area contributed by atoms with E-state index in [0.29, 0.717) is 24.0 Å². The van der Waals surface area contributed by atoms with Crippen molar-refractivity contribution in [1.82, 2.24) is 30.7 Å². The lowest BCUT2D eigenvalue weighted by Crippen LogP contribution is -2.48. The first-order valence-electron chi connectivity index (χ1n) is 15.6. The van der Waals surface area contributed by atoms with Gasteiger partial charge in [-0.05, 0) is 109 Å². The molecule has 12 nitrogen and oxygen atoms in total. The minimum Gasteiger partial charge on any atom is -0.344 e. The zero-order valence-corrected chi connectivity index (χ0v) is 26.2. The van der Waals surface area contributed by atoms with Crippen LogP contribution in [-0.4, -0.2) is 59.5 Å². The first-order chi connectivity index (χ1) is 22.3. The molecule has 13 heteroatoms. The van der Waals surface area contributed by atoms with Crippen LogP contribution in [0.15, 0.2) is 77.7 Å². The number of carbonyl (C=O) groups is 2. The van der Waals surface area contributed by atoms with Crippen molar-refractivity contribution < 1.29 is 18.0 Å². The summed E-state index contributed by atoms with van der Waals surface area (Å²) in [7, 11) is -3.61. The number of H-pyrrole nitrogens is 1. The highest BCUT2D eigenvalue weighted by molar-refractivity contribution is 7.89. The Bertz CT molecular complexity index is 1770. The van der Waals surface area contributed by atoms with Crippen LogP contribution in [0.3, 0.4) is 0 Å². The molecule has 0 bridgehead atoms. The lowest BCUT2D eigenvalue weighted by atomic mass is 9.81. The summed E-state index contributed by atoms with van der Waals surface area (Å²) in [6.45, 7) is 0.618. The molecule has 1 atom stereocenters. The van der Waals surface area contributed by atoms with E-state index in [1.807, 2.05) is 30.3 Å². The number of tetrazole rings is 1. The van der Waals surface area contributed by atoms with Gasteiger partial charge in [0.2, 0.25) is 27.7 Å². The zero-order chi connectivity index (χ0) is 32.1. The van der Waals surface area contributed by atoms with Gasteiger partial charge in [-0.2, -0.15) is 5.21 Å². The molecule has 3 aromatic carbocycles. The second-order valence-electron chi connectivity index (χ2n) is 12.1. The fourth-order valence-electron chi connectivity index (χ4n) is 5.82. The van der Waals surface area contributed by atoms with Gasteiger partial charge in [-0.25, -0.2) is 13.1 Å². The highest BCUT2D eigenvalue weighted by Gasteiger charge is 2.30. The van der Waals surface area contributed by atoms with Crippen LogP contribution >= 0.6 is 0 Å². The topological polar surface area (TPSA) is 185 Å². The molecule has 1 aromatic heterocycles. The molecule has 2 saturated carbocycles. The SMILES string of the molecule is NCC1CCC(C(=O)NC(Cc2cccc(-c3cccc(S(=O)(=O)NC4CC4)c3)c2)C(=O)Nc2ccc(-c3nn[nH]n3)cc2)CC1. The molecular weight excluding hydrogens is 604 g/mol. The number of sulfonamides is 1. The Morgan fingerprint density at radius 2 is 1.61 bits per heavy atom. The molecule has 4 aromatic rings. The van der Waals surface area contributed by atoms with Gasteiger partial charge in [0.25, 0.3) is 0 Å². The summed E-state index contributed by atoms with van der Waals surface area (Å²) in [4.78, 5) is 27.3. The highest BCUT2D eigenvalue weighted by Crippen LogP contribution is 2.29. The van der Waals surface area contributed by atoms with E-state index in [1.54, 1.807) is 42.5 Å². The number of anilines is 1. The van der Waals surface area contributed by atoms with Gasteiger partial charge in [0.15, 0.2) is 0 Å². The van der Waals surface area contributed by atoms with Crippen molar-refractivity contribution in [2.24, 2.45) is 17.6 Å². The molecule has 0 aliphatic heterocycles. The molecule has 1 unspecified atom stereocenters. The fraction of sp³-hybridized carbons (Fsp3) is 0.364. The summed E-state index contributed by atoms with van der Waals surface area (Å²) in [5, 5.41) is 19.9. The van der Waals surface area contributed by atoms with Crippen molar-refractivity contribution in [3.63, 3.8) is 0 Å². The standard InChI is InChI=1S/C33H38N8O4S/c34-20-21-7-9-24(10-8-21)32(42)36-30(33(43)35-27-13-11-23(12-14-27)31-37-40-41-38-31)18-22-3-1-4-25(17-22)26-5-2-6-29(19-26)46(44,45)39-28-15-16-28/h1-6,11-14,17,19,21,24,28,30,39H,7-10,15-16,18,20,34H2,(H,35,43)(H,36,42)(H,37,38,40,41). The number of nitrogens with one attached hydrogen (secondary N) is 4. The van der Waals surface area contributed by atoms with Gasteiger partial charge in [0, 0.05) is 29.6 Å². The Labute approximate surface area is 268 Å². The quantitative estimate of drug-likeness (QED) is 0.156. The van der Waals surface area contributed by atoms with E-state index < -0.39 is 16.1 Å². The molecule has 46 heavy (non-hydrogen) atoms. The van der Waals surface area contributed by atoms with E-state index in [1.165, 1.54) is 0 Å². The first kappa shape index (κ1) is 31.5. The molecule has 6 N–H and O–H groups in total. The second kappa shape index (κ2) is 13.9. The number of hydrogen-bond acceptors (Lipinski definition) is 8. The van der Waals surface area contributed by atoms with E-state index in [0.717, 1.165) is 60.8 Å². The maximum atomic E-state index is 13.7. The van der Waals surface area contributed by atoms with Gasteiger partial charge in [0.05, 0.1) is 4.90 Å². The summed E-state index contributed by atoms with van der Waals surface area (Å²) in [5.74, 6) is 0.211. The molecule has 1 heterocycles. The zero-order valence-electron chi connectivity index (χ0n) is 25.4. The minimum atomic E-state index is -3.61. The number of hydrogen-bond donors (Lipinski definition) is 5. The Kier molecular flexibility index (Phi) is 9.52. The van der Waals surface area contributed by atoms with Crippen LogP contribution in [0.25, 0.3) is 22.5 Å². The Morgan fingerprint density at radius 1 is 0.891 bits per heavy atom. The molecule has 2 amide bonds. The van der Waals surface area contributed by atoms with Crippen LogP contribution in [0, 0.1) is 11.8 Å². The predicted molar refractivity (Wildman–Crippen MR) is 174 cm³/mol. The van der Waals surface area contributed by atoms with Gasteiger partial charge in [0.1, 0.15) is 6.04 Å². The Balaban J connectivity index is 1.20. The average Bonchev–Trinajstić information content (AvgIpc) is 3.71. The number of rotatable bonds is 12. The number of nitrogens with two attached hydrogens (primary N) is 1. The molecule has 2 aliphatic rings. The van der Waals surface area contributed by atoms with E-state index >= 15 is 0 Å². The highest BCUT2D eigenvalue weighted by atomic mass is 32.2. The smallest absolute Gasteiger partial charge is 0.247 e. The summed E-state index contributed by atoms with van der Waals surface area (Å²) < 4.78 is 28.4. The van der Waals surface area contributed by atoms with Crippen molar-refractivity contribution in [3.8, 4) is 22.5 Å². The third kappa shape index (κ3) is 7.84. The van der Waals surface area contributed by atoms with Gasteiger partial charge >= 0.3 is 0 Å². The summed E-state index contributed by atoms with van der Waals surface area (Å²) in [6.07, 6.45) is 5.22.